The van der Waals surface area contributed by atoms with Gasteiger partial charge in [-0.25, -0.2) is 0 Å². The minimum atomic E-state index is -4.51. The number of rotatable bonds is 4. The van der Waals surface area contributed by atoms with E-state index in [1.165, 1.54) is 12.8 Å². The monoisotopic (exact) mass is 252 g/mol. The molecule has 0 radical (unpaired) electrons. The Labute approximate surface area is 99.3 Å². The second-order valence-corrected chi connectivity index (χ2v) is 5.00. The SMILES string of the molecule is CC1CN(CCOC(F)(F)F)C(C2CC2)CN1. The van der Waals surface area contributed by atoms with E-state index in [4.69, 9.17) is 0 Å². The molecule has 2 fully saturated rings. The van der Waals surface area contributed by atoms with E-state index in [1.54, 1.807) is 0 Å². The molecule has 1 saturated carbocycles. The number of nitrogens with zero attached hydrogens (tertiary/aromatic N) is 1. The van der Waals surface area contributed by atoms with Gasteiger partial charge in [-0.15, -0.1) is 13.2 Å². The predicted octanol–water partition coefficient (Wildman–Crippen LogP) is 1.60. The maximum Gasteiger partial charge on any atom is 0.522 e. The minimum Gasteiger partial charge on any atom is -0.311 e. The van der Waals surface area contributed by atoms with Crippen molar-refractivity contribution in [2.45, 2.75) is 38.2 Å². The van der Waals surface area contributed by atoms with Crippen LogP contribution in [0.3, 0.4) is 0 Å². The third-order valence-electron chi connectivity index (χ3n) is 3.46. The molecular weight excluding hydrogens is 233 g/mol. The Hall–Kier alpha value is -0.330. The molecule has 0 amide bonds. The Balaban J connectivity index is 1.78. The Morgan fingerprint density at radius 2 is 2.06 bits per heavy atom. The van der Waals surface area contributed by atoms with Gasteiger partial charge in [-0.1, -0.05) is 0 Å². The van der Waals surface area contributed by atoms with E-state index in [0.29, 0.717) is 24.5 Å². The van der Waals surface area contributed by atoms with E-state index in [0.717, 1.165) is 13.1 Å². The Kier molecular flexibility index (Phi) is 3.95. The highest BCUT2D eigenvalue weighted by molar-refractivity contribution is 4.94. The molecule has 2 aliphatic rings. The second kappa shape index (κ2) is 5.12. The van der Waals surface area contributed by atoms with Crippen molar-refractivity contribution in [3.63, 3.8) is 0 Å². The first-order chi connectivity index (χ1) is 7.96. The molecule has 2 atom stereocenters. The Morgan fingerprint density at radius 1 is 1.35 bits per heavy atom. The standard InChI is InChI=1S/C11H19F3N2O/c1-8-7-16(4-5-17-11(12,13)14)10(6-15-8)9-2-3-9/h8-10,15H,2-7H2,1H3. The summed E-state index contributed by atoms with van der Waals surface area (Å²) in [7, 11) is 0. The summed E-state index contributed by atoms with van der Waals surface area (Å²) in [5, 5.41) is 3.39. The number of hydrogen-bond acceptors (Lipinski definition) is 3. The van der Waals surface area contributed by atoms with Crippen LogP contribution in [-0.4, -0.2) is 49.6 Å². The number of nitrogens with one attached hydrogen (secondary N) is 1. The molecule has 0 aromatic heterocycles. The van der Waals surface area contributed by atoms with Crippen molar-refractivity contribution < 1.29 is 17.9 Å². The molecule has 1 aliphatic heterocycles. The molecule has 0 aromatic carbocycles. The van der Waals surface area contributed by atoms with Crippen LogP contribution in [0.2, 0.25) is 0 Å². The van der Waals surface area contributed by atoms with Crippen LogP contribution in [0, 0.1) is 5.92 Å². The first-order valence-corrected chi connectivity index (χ1v) is 6.14. The minimum absolute atomic E-state index is 0.264. The van der Waals surface area contributed by atoms with Crippen molar-refractivity contribution in [1.82, 2.24) is 10.2 Å². The average Bonchev–Trinajstić information content (AvgIpc) is 2.99. The molecule has 0 aromatic rings. The van der Waals surface area contributed by atoms with Crippen molar-refractivity contribution >= 4 is 0 Å². The van der Waals surface area contributed by atoms with Crippen LogP contribution in [0.5, 0.6) is 0 Å². The molecule has 17 heavy (non-hydrogen) atoms. The predicted molar refractivity (Wildman–Crippen MR) is 57.6 cm³/mol. The maximum atomic E-state index is 11.9. The smallest absolute Gasteiger partial charge is 0.311 e. The van der Waals surface area contributed by atoms with Crippen molar-refractivity contribution in [2.75, 3.05) is 26.2 Å². The topological polar surface area (TPSA) is 24.5 Å². The lowest BCUT2D eigenvalue weighted by molar-refractivity contribution is -0.325. The molecule has 3 nitrogen and oxygen atoms in total. The highest BCUT2D eigenvalue weighted by atomic mass is 19.4. The third kappa shape index (κ3) is 4.12. The van der Waals surface area contributed by atoms with Crippen LogP contribution in [0.25, 0.3) is 0 Å². The largest absolute Gasteiger partial charge is 0.522 e. The van der Waals surface area contributed by atoms with Gasteiger partial charge >= 0.3 is 6.36 Å². The fourth-order valence-corrected chi connectivity index (χ4v) is 2.48. The Bertz CT molecular complexity index is 256. The van der Waals surface area contributed by atoms with Crippen molar-refractivity contribution in [3.05, 3.63) is 0 Å². The van der Waals surface area contributed by atoms with E-state index in [2.05, 4.69) is 21.9 Å². The van der Waals surface area contributed by atoms with Crippen LogP contribution in [-0.2, 0) is 4.74 Å². The molecule has 1 heterocycles. The van der Waals surface area contributed by atoms with Gasteiger partial charge in [0.25, 0.3) is 0 Å². The normalized spacial score (nSPS) is 31.8. The summed E-state index contributed by atoms with van der Waals surface area (Å²) < 4.78 is 39.6. The number of piperazine rings is 1. The quantitative estimate of drug-likeness (QED) is 0.822. The van der Waals surface area contributed by atoms with Gasteiger partial charge in [-0.2, -0.15) is 0 Å². The van der Waals surface area contributed by atoms with Gasteiger partial charge in [0.05, 0.1) is 6.61 Å². The van der Waals surface area contributed by atoms with E-state index >= 15 is 0 Å². The summed E-state index contributed by atoms with van der Waals surface area (Å²) in [5.41, 5.74) is 0. The zero-order chi connectivity index (χ0) is 12.5. The van der Waals surface area contributed by atoms with Gasteiger partial charge in [-0.05, 0) is 25.7 Å². The number of hydrogen-bond donors (Lipinski definition) is 1. The van der Waals surface area contributed by atoms with Gasteiger partial charge in [0.15, 0.2) is 0 Å². The average molecular weight is 252 g/mol. The summed E-state index contributed by atoms with van der Waals surface area (Å²) in [6.07, 6.45) is -2.09. The van der Waals surface area contributed by atoms with E-state index in [1.807, 2.05) is 0 Å². The van der Waals surface area contributed by atoms with Crippen molar-refractivity contribution in [3.8, 4) is 0 Å². The van der Waals surface area contributed by atoms with Gasteiger partial charge in [0.2, 0.25) is 0 Å². The lowest BCUT2D eigenvalue weighted by Gasteiger charge is -2.39. The van der Waals surface area contributed by atoms with Gasteiger partial charge < -0.3 is 5.32 Å². The Morgan fingerprint density at radius 3 is 2.65 bits per heavy atom. The zero-order valence-corrected chi connectivity index (χ0v) is 9.96. The van der Waals surface area contributed by atoms with Crippen LogP contribution in [0.1, 0.15) is 19.8 Å². The highest BCUT2D eigenvalue weighted by Gasteiger charge is 2.38. The summed E-state index contributed by atoms with van der Waals surface area (Å²) in [4.78, 5) is 2.14. The van der Waals surface area contributed by atoms with Crippen molar-refractivity contribution in [2.24, 2.45) is 5.92 Å². The van der Waals surface area contributed by atoms with Crippen LogP contribution in [0.15, 0.2) is 0 Å². The second-order valence-electron chi connectivity index (χ2n) is 5.00. The molecule has 1 aliphatic carbocycles. The molecular formula is C11H19F3N2O. The number of alkyl halides is 3. The zero-order valence-electron chi connectivity index (χ0n) is 9.96. The molecule has 2 rings (SSSR count). The summed E-state index contributed by atoms with van der Waals surface area (Å²) in [5.74, 6) is 0.667. The van der Waals surface area contributed by atoms with Gasteiger partial charge in [-0.3, -0.25) is 9.64 Å². The first-order valence-electron chi connectivity index (χ1n) is 6.14. The van der Waals surface area contributed by atoms with E-state index in [-0.39, 0.29) is 6.61 Å². The molecule has 100 valence electrons. The van der Waals surface area contributed by atoms with Crippen LogP contribution < -0.4 is 5.32 Å². The van der Waals surface area contributed by atoms with E-state index in [9.17, 15) is 13.2 Å². The number of halogens is 3. The fourth-order valence-electron chi connectivity index (χ4n) is 2.48. The fraction of sp³-hybridized carbons (Fsp3) is 1.00. The van der Waals surface area contributed by atoms with Gasteiger partial charge in [0, 0.05) is 31.7 Å². The highest BCUT2D eigenvalue weighted by Crippen LogP contribution is 2.36. The molecule has 1 N–H and O–H groups in total. The van der Waals surface area contributed by atoms with Gasteiger partial charge in [0.1, 0.15) is 0 Å². The van der Waals surface area contributed by atoms with Crippen LogP contribution in [0.4, 0.5) is 13.2 Å². The number of ether oxygens (including phenoxy) is 1. The summed E-state index contributed by atoms with van der Waals surface area (Å²) >= 11 is 0. The lowest BCUT2D eigenvalue weighted by atomic mass is 10.1. The van der Waals surface area contributed by atoms with E-state index < -0.39 is 6.36 Å². The third-order valence-corrected chi connectivity index (χ3v) is 3.46. The molecule has 2 unspecified atom stereocenters. The molecule has 6 heteroatoms. The first kappa shape index (κ1) is 13.1. The summed E-state index contributed by atoms with van der Waals surface area (Å²) in [6, 6.07) is 0.735. The maximum absolute atomic E-state index is 11.9. The lowest BCUT2D eigenvalue weighted by Crippen LogP contribution is -2.57. The summed E-state index contributed by atoms with van der Waals surface area (Å²) in [6.45, 7) is 3.85. The van der Waals surface area contributed by atoms with Crippen molar-refractivity contribution in [1.29, 1.82) is 0 Å². The molecule has 0 bridgehead atoms. The molecule has 1 saturated heterocycles. The molecule has 0 spiro atoms. The van der Waals surface area contributed by atoms with Crippen LogP contribution >= 0.6 is 0 Å².